The summed E-state index contributed by atoms with van der Waals surface area (Å²) in [5.41, 5.74) is 0. The molecule has 0 heterocycles. The summed E-state index contributed by atoms with van der Waals surface area (Å²) in [5, 5.41) is 0. The van der Waals surface area contributed by atoms with Crippen molar-refractivity contribution in [2.24, 2.45) is 0 Å². The lowest BCUT2D eigenvalue weighted by Gasteiger charge is -2.17. The molecule has 0 aromatic rings. The molecule has 0 aliphatic carbocycles. The molecule has 0 unspecified atom stereocenters. The molecular formula is C9H19NS2. The van der Waals surface area contributed by atoms with Gasteiger partial charge in [-0.1, -0.05) is 38.9 Å². The van der Waals surface area contributed by atoms with Crippen molar-refractivity contribution in [3.63, 3.8) is 0 Å². The lowest BCUT2D eigenvalue weighted by Crippen LogP contribution is -2.18. The second kappa shape index (κ2) is 9.49. The molecule has 0 bridgehead atoms. The van der Waals surface area contributed by atoms with Gasteiger partial charge in [-0.15, -0.1) is 0 Å². The molecule has 0 fully saturated rings. The molecule has 0 aliphatic rings. The molecule has 1 nitrogen and oxygen atoms in total. The molecule has 0 radical (unpaired) electrons. The number of hydrogen-bond acceptors (Lipinski definition) is 3. The van der Waals surface area contributed by atoms with Gasteiger partial charge in [0.25, 0.3) is 0 Å². The first-order valence-corrected chi connectivity index (χ1v) is 6.01. The zero-order valence-corrected chi connectivity index (χ0v) is 9.72. The van der Waals surface area contributed by atoms with Gasteiger partial charge in [-0.05, 0) is 24.8 Å². The summed E-state index contributed by atoms with van der Waals surface area (Å²) in [4.78, 5) is 0. The van der Waals surface area contributed by atoms with Crippen molar-refractivity contribution in [2.45, 2.75) is 39.5 Å². The Morgan fingerprint density at radius 3 is 2.00 bits per heavy atom. The van der Waals surface area contributed by atoms with Crippen LogP contribution in [0.2, 0.25) is 0 Å². The minimum atomic E-state index is 1.17. The van der Waals surface area contributed by atoms with Crippen LogP contribution in [0.1, 0.15) is 39.5 Å². The molecule has 0 spiro atoms. The van der Waals surface area contributed by atoms with Crippen LogP contribution in [0.25, 0.3) is 0 Å². The Labute approximate surface area is 86.0 Å². The van der Waals surface area contributed by atoms with Gasteiger partial charge in [0.15, 0.2) is 0 Å². The van der Waals surface area contributed by atoms with Crippen molar-refractivity contribution in [1.29, 1.82) is 0 Å². The third kappa shape index (κ3) is 7.07. The maximum atomic E-state index is 4.83. The second-order valence-electron chi connectivity index (χ2n) is 2.84. The zero-order valence-electron chi connectivity index (χ0n) is 8.08. The van der Waals surface area contributed by atoms with Gasteiger partial charge in [0.05, 0.1) is 0 Å². The first kappa shape index (κ1) is 12.4. The standard InChI is InChI=1S/C9H19NS2/c1-3-5-7-10(12-9-11)8-6-4-2/h9H,3-8H2,1-2H3. The Kier molecular flexibility index (Phi) is 9.80. The highest BCUT2D eigenvalue weighted by Gasteiger charge is 2.01. The number of unbranched alkanes of at least 4 members (excludes halogenated alkanes) is 2. The summed E-state index contributed by atoms with van der Waals surface area (Å²) in [6.45, 7) is 6.79. The molecule has 0 saturated heterocycles. The molecule has 0 N–H and O–H groups in total. The van der Waals surface area contributed by atoms with Crippen molar-refractivity contribution < 1.29 is 0 Å². The SMILES string of the molecule is CCCCN(CCCC)SC=S. The molecule has 0 aromatic carbocycles. The van der Waals surface area contributed by atoms with E-state index in [1.807, 2.05) is 0 Å². The van der Waals surface area contributed by atoms with Gasteiger partial charge in [0, 0.05) is 17.8 Å². The van der Waals surface area contributed by atoms with Crippen molar-refractivity contribution in [1.82, 2.24) is 4.31 Å². The van der Waals surface area contributed by atoms with E-state index in [9.17, 15) is 0 Å². The van der Waals surface area contributed by atoms with Crippen LogP contribution >= 0.6 is 24.2 Å². The van der Waals surface area contributed by atoms with E-state index in [1.165, 1.54) is 38.8 Å². The van der Waals surface area contributed by atoms with Gasteiger partial charge in [-0.3, -0.25) is 0 Å². The van der Waals surface area contributed by atoms with Gasteiger partial charge in [0.1, 0.15) is 0 Å². The van der Waals surface area contributed by atoms with E-state index in [-0.39, 0.29) is 0 Å². The van der Waals surface area contributed by atoms with Crippen molar-refractivity contribution in [2.75, 3.05) is 13.1 Å². The fourth-order valence-corrected chi connectivity index (χ4v) is 1.90. The van der Waals surface area contributed by atoms with Gasteiger partial charge in [-0.2, -0.15) is 0 Å². The predicted molar refractivity (Wildman–Crippen MR) is 62.6 cm³/mol. The second-order valence-corrected chi connectivity index (χ2v) is 4.33. The third-order valence-corrected chi connectivity index (χ3v) is 2.72. The quantitative estimate of drug-likeness (QED) is 0.441. The molecule has 0 aliphatic heterocycles. The van der Waals surface area contributed by atoms with Crippen molar-refractivity contribution in [3.05, 3.63) is 0 Å². The highest BCUT2D eigenvalue weighted by atomic mass is 32.2. The molecule has 12 heavy (non-hydrogen) atoms. The summed E-state index contributed by atoms with van der Waals surface area (Å²) in [5.74, 6) is 0. The van der Waals surface area contributed by atoms with Gasteiger partial charge < -0.3 is 0 Å². The third-order valence-electron chi connectivity index (χ3n) is 1.71. The maximum absolute atomic E-state index is 4.83. The normalized spacial score (nSPS) is 10.6. The average Bonchev–Trinajstić information content (AvgIpc) is 2.10. The Morgan fingerprint density at radius 2 is 1.67 bits per heavy atom. The fourth-order valence-electron chi connectivity index (χ4n) is 0.947. The molecule has 0 atom stereocenters. The minimum absolute atomic E-state index is 1.17. The Bertz CT molecular complexity index is 98.7. The predicted octanol–water partition coefficient (Wildman–Crippen LogP) is 3.49. The number of nitrogens with zero attached hydrogens (tertiary/aromatic N) is 1. The van der Waals surface area contributed by atoms with Crippen LogP contribution in [-0.2, 0) is 0 Å². The van der Waals surface area contributed by atoms with Crippen LogP contribution in [0, 0.1) is 0 Å². The van der Waals surface area contributed by atoms with Gasteiger partial charge >= 0.3 is 0 Å². The number of hydrogen-bond donors (Lipinski definition) is 0. The van der Waals surface area contributed by atoms with Gasteiger partial charge in [0.2, 0.25) is 0 Å². The molecule has 3 heteroatoms. The maximum Gasteiger partial charge on any atom is 0.0499 e. The first-order valence-electron chi connectivity index (χ1n) is 4.70. The molecule has 0 aromatic heterocycles. The van der Waals surface area contributed by atoms with E-state index in [2.05, 4.69) is 18.2 Å². The monoisotopic (exact) mass is 205 g/mol. The van der Waals surface area contributed by atoms with Crippen molar-refractivity contribution >= 4 is 28.9 Å². The van der Waals surface area contributed by atoms with Crippen LogP contribution in [0.3, 0.4) is 0 Å². The van der Waals surface area contributed by atoms with Crippen LogP contribution in [-0.4, -0.2) is 22.1 Å². The topological polar surface area (TPSA) is 3.24 Å². The fraction of sp³-hybridized carbons (Fsp3) is 0.889. The van der Waals surface area contributed by atoms with Crippen molar-refractivity contribution in [3.8, 4) is 0 Å². The highest BCUT2D eigenvalue weighted by Crippen LogP contribution is 2.09. The largest absolute Gasteiger partial charge is 0.246 e. The molecule has 0 saturated carbocycles. The summed E-state index contributed by atoms with van der Waals surface area (Å²) < 4.78 is 4.12. The highest BCUT2D eigenvalue weighted by molar-refractivity contribution is 8.19. The Balaban J connectivity index is 3.46. The first-order chi connectivity index (χ1) is 5.85. The summed E-state index contributed by atoms with van der Waals surface area (Å²) in [6.07, 6.45) is 5.08. The lowest BCUT2D eigenvalue weighted by molar-refractivity contribution is 0.447. The van der Waals surface area contributed by atoms with Gasteiger partial charge in [-0.25, -0.2) is 4.31 Å². The zero-order chi connectivity index (χ0) is 9.23. The van der Waals surface area contributed by atoms with Crippen LogP contribution < -0.4 is 0 Å². The molecular weight excluding hydrogens is 186 g/mol. The number of rotatable bonds is 8. The average molecular weight is 205 g/mol. The van der Waals surface area contributed by atoms with E-state index in [4.69, 9.17) is 12.2 Å². The summed E-state index contributed by atoms with van der Waals surface area (Å²) in [7, 11) is 0. The van der Waals surface area contributed by atoms with E-state index in [1.54, 1.807) is 16.6 Å². The molecule has 0 amide bonds. The molecule has 0 rings (SSSR count). The Hall–Kier alpha value is 0.400. The summed E-state index contributed by atoms with van der Waals surface area (Å²) in [6, 6.07) is 0. The Morgan fingerprint density at radius 1 is 1.17 bits per heavy atom. The van der Waals surface area contributed by atoms with Crippen LogP contribution in [0.5, 0.6) is 0 Å². The van der Waals surface area contributed by atoms with Crippen LogP contribution in [0.15, 0.2) is 0 Å². The smallest absolute Gasteiger partial charge is 0.0499 e. The van der Waals surface area contributed by atoms with E-state index in [0.717, 1.165) is 0 Å². The van der Waals surface area contributed by atoms with E-state index in [0.29, 0.717) is 0 Å². The lowest BCUT2D eigenvalue weighted by atomic mass is 10.3. The summed E-state index contributed by atoms with van der Waals surface area (Å²) >= 11 is 6.50. The van der Waals surface area contributed by atoms with Crippen LogP contribution in [0.4, 0.5) is 0 Å². The minimum Gasteiger partial charge on any atom is -0.246 e. The molecule has 72 valence electrons. The van der Waals surface area contributed by atoms with E-state index >= 15 is 0 Å². The van der Waals surface area contributed by atoms with E-state index < -0.39 is 0 Å². The number of thiocarbonyl (C=S) groups is 1.